The molecular weight excluding hydrogens is 158 g/mol. The fourth-order valence-electron chi connectivity index (χ4n) is 1.34. The first-order chi connectivity index (χ1) is 5.68. The summed E-state index contributed by atoms with van der Waals surface area (Å²) in [5.41, 5.74) is 1.99. The van der Waals surface area contributed by atoms with Gasteiger partial charge in [0.2, 0.25) is 0 Å². The monoisotopic (exact) mass is 165 g/mol. The number of esters is 2. The van der Waals surface area contributed by atoms with E-state index in [4.69, 9.17) is 0 Å². The van der Waals surface area contributed by atoms with E-state index in [1.807, 2.05) is 0 Å². The van der Waals surface area contributed by atoms with Gasteiger partial charge in [-0.05, 0) is 12.5 Å². The number of rotatable bonds is 0. The van der Waals surface area contributed by atoms with Gasteiger partial charge in [-0.1, -0.05) is 0 Å². The molecule has 1 aromatic heterocycles. The molecule has 0 amide bonds. The van der Waals surface area contributed by atoms with Crippen LogP contribution >= 0.6 is 0 Å². The molecule has 0 fully saturated rings. The summed E-state index contributed by atoms with van der Waals surface area (Å²) in [4.78, 5) is 24.8. The van der Waals surface area contributed by atoms with E-state index in [0.717, 1.165) is 5.56 Å². The Morgan fingerprint density at radius 3 is 3.00 bits per heavy atom. The van der Waals surface area contributed by atoms with Gasteiger partial charge in [0.05, 0.1) is 12.0 Å². The quantitative estimate of drug-likeness (QED) is 0.451. The lowest BCUT2D eigenvalue weighted by Gasteiger charge is -2.09. The molecule has 1 aromatic rings. The molecule has 12 heavy (non-hydrogen) atoms. The molecule has 0 aliphatic carbocycles. The zero-order valence-corrected chi connectivity index (χ0v) is 6.51. The lowest BCUT2D eigenvalue weighted by molar-refractivity contribution is -0.137. The zero-order valence-electron chi connectivity index (χ0n) is 6.51. The van der Waals surface area contributed by atoms with Crippen molar-refractivity contribution in [1.82, 2.24) is 4.98 Å². The van der Waals surface area contributed by atoms with Crippen molar-refractivity contribution in [3.8, 4) is 0 Å². The van der Waals surface area contributed by atoms with Crippen LogP contribution in [0.25, 0.3) is 0 Å². The summed E-state index contributed by atoms with van der Waals surface area (Å²) in [6, 6.07) is 0. The SMILES string of the molecule is Cc1c[nH]c2c1C(=O)OC(=O)C2. The maximum atomic E-state index is 11.1. The summed E-state index contributed by atoms with van der Waals surface area (Å²) in [5, 5.41) is 0. The predicted molar refractivity (Wildman–Crippen MR) is 39.7 cm³/mol. The molecule has 1 N–H and O–H groups in total. The van der Waals surface area contributed by atoms with E-state index < -0.39 is 11.9 Å². The smallest absolute Gasteiger partial charge is 0.347 e. The minimum atomic E-state index is -0.542. The number of carbonyl (C=O) groups is 2. The van der Waals surface area contributed by atoms with Gasteiger partial charge in [-0.3, -0.25) is 4.79 Å². The molecule has 0 unspecified atom stereocenters. The Hall–Kier alpha value is -1.58. The topological polar surface area (TPSA) is 59.2 Å². The van der Waals surface area contributed by atoms with E-state index >= 15 is 0 Å². The fraction of sp³-hybridized carbons (Fsp3) is 0.250. The van der Waals surface area contributed by atoms with Crippen LogP contribution in [0.2, 0.25) is 0 Å². The third kappa shape index (κ3) is 0.845. The van der Waals surface area contributed by atoms with Crippen LogP contribution in [0.3, 0.4) is 0 Å². The number of nitrogens with one attached hydrogen (secondary N) is 1. The number of fused-ring (bicyclic) bond motifs is 1. The van der Waals surface area contributed by atoms with E-state index in [1.165, 1.54) is 0 Å². The fourth-order valence-corrected chi connectivity index (χ4v) is 1.34. The van der Waals surface area contributed by atoms with E-state index in [1.54, 1.807) is 13.1 Å². The summed E-state index contributed by atoms with van der Waals surface area (Å²) in [6.45, 7) is 1.80. The molecule has 2 rings (SSSR count). The lowest BCUT2D eigenvalue weighted by Crippen LogP contribution is -2.22. The maximum Gasteiger partial charge on any atom is 0.347 e. The predicted octanol–water partition coefficient (Wildman–Crippen LogP) is 0.563. The molecule has 0 atom stereocenters. The summed E-state index contributed by atoms with van der Waals surface area (Å²) in [6.07, 6.45) is 1.86. The van der Waals surface area contributed by atoms with Gasteiger partial charge in [-0.2, -0.15) is 0 Å². The first kappa shape index (κ1) is 7.09. The van der Waals surface area contributed by atoms with Crippen molar-refractivity contribution in [2.45, 2.75) is 13.3 Å². The van der Waals surface area contributed by atoms with Crippen LogP contribution < -0.4 is 0 Å². The number of aryl methyl sites for hydroxylation is 1. The van der Waals surface area contributed by atoms with Crippen molar-refractivity contribution in [2.24, 2.45) is 0 Å². The Morgan fingerprint density at radius 2 is 2.25 bits per heavy atom. The van der Waals surface area contributed by atoms with Gasteiger partial charge < -0.3 is 9.72 Å². The maximum absolute atomic E-state index is 11.1. The van der Waals surface area contributed by atoms with Crippen molar-refractivity contribution >= 4 is 11.9 Å². The zero-order chi connectivity index (χ0) is 8.72. The lowest BCUT2D eigenvalue weighted by atomic mass is 10.1. The molecule has 0 aromatic carbocycles. The Labute approximate surface area is 68.5 Å². The molecule has 0 bridgehead atoms. The number of hydrogen-bond acceptors (Lipinski definition) is 3. The Kier molecular flexibility index (Phi) is 1.30. The highest BCUT2D eigenvalue weighted by Crippen LogP contribution is 2.19. The van der Waals surface area contributed by atoms with Crippen LogP contribution in [0.5, 0.6) is 0 Å². The normalized spacial score (nSPS) is 15.8. The second-order valence-corrected chi connectivity index (χ2v) is 2.76. The largest absolute Gasteiger partial charge is 0.389 e. The van der Waals surface area contributed by atoms with Crippen LogP contribution in [-0.2, 0) is 16.0 Å². The van der Waals surface area contributed by atoms with Gasteiger partial charge in [0, 0.05) is 11.9 Å². The van der Waals surface area contributed by atoms with Gasteiger partial charge >= 0.3 is 11.9 Å². The number of H-pyrrole nitrogens is 1. The molecule has 4 heteroatoms. The van der Waals surface area contributed by atoms with E-state index in [0.29, 0.717) is 11.3 Å². The second-order valence-electron chi connectivity index (χ2n) is 2.76. The first-order valence-electron chi connectivity index (χ1n) is 3.60. The van der Waals surface area contributed by atoms with Gasteiger partial charge in [0.1, 0.15) is 0 Å². The van der Waals surface area contributed by atoms with Gasteiger partial charge in [0.25, 0.3) is 0 Å². The highest BCUT2D eigenvalue weighted by molar-refractivity contribution is 6.03. The second kappa shape index (κ2) is 2.20. The highest BCUT2D eigenvalue weighted by Gasteiger charge is 2.27. The molecular formula is C8H7NO3. The number of aromatic amines is 1. The third-order valence-corrected chi connectivity index (χ3v) is 1.89. The van der Waals surface area contributed by atoms with Crippen molar-refractivity contribution < 1.29 is 14.3 Å². The number of ether oxygens (including phenoxy) is 1. The van der Waals surface area contributed by atoms with Gasteiger partial charge in [-0.25, -0.2) is 4.79 Å². The molecule has 4 nitrogen and oxygen atoms in total. The number of cyclic esters (lactones) is 2. The summed E-state index contributed by atoms with van der Waals surface area (Å²) in [7, 11) is 0. The van der Waals surface area contributed by atoms with Gasteiger partial charge in [-0.15, -0.1) is 0 Å². The molecule has 1 aliphatic heterocycles. The molecule has 0 saturated carbocycles. The first-order valence-corrected chi connectivity index (χ1v) is 3.60. The summed E-state index contributed by atoms with van der Waals surface area (Å²) >= 11 is 0. The van der Waals surface area contributed by atoms with Crippen molar-refractivity contribution in [1.29, 1.82) is 0 Å². The molecule has 2 heterocycles. The van der Waals surface area contributed by atoms with E-state index in [2.05, 4.69) is 9.72 Å². The third-order valence-electron chi connectivity index (χ3n) is 1.89. The number of carbonyl (C=O) groups excluding carboxylic acids is 2. The van der Waals surface area contributed by atoms with Crippen LogP contribution in [-0.4, -0.2) is 16.9 Å². The molecule has 0 spiro atoms. The minimum absolute atomic E-state index is 0.162. The number of aromatic nitrogens is 1. The van der Waals surface area contributed by atoms with E-state index in [9.17, 15) is 9.59 Å². The van der Waals surface area contributed by atoms with Crippen molar-refractivity contribution in [2.75, 3.05) is 0 Å². The van der Waals surface area contributed by atoms with E-state index in [-0.39, 0.29) is 6.42 Å². The average molecular weight is 165 g/mol. The van der Waals surface area contributed by atoms with Crippen LogP contribution in [0.4, 0.5) is 0 Å². The molecule has 1 aliphatic rings. The molecule has 0 saturated heterocycles. The van der Waals surface area contributed by atoms with Crippen LogP contribution in [0, 0.1) is 6.92 Å². The van der Waals surface area contributed by atoms with Gasteiger partial charge in [0.15, 0.2) is 0 Å². The van der Waals surface area contributed by atoms with Crippen LogP contribution in [0.1, 0.15) is 21.6 Å². The summed E-state index contributed by atoms with van der Waals surface area (Å²) < 4.78 is 4.45. The van der Waals surface area contributed by atoms with Crippen molar-refractivity contribution in [3.05, 3.63) is 23.0 Å². The highest BCUT2D eigenvalue weighted by atomic mass is 16.6. The van der Waals surface area contributed by atoms with Crippen LogP contribution in [0.15, 0.2) is 6.20 Å². The Bertz CT molecular complexity index is 364. The number of hydrogen-bond donors (Lipinski definition) is 1. The molecule has 0 radical (unpaired) electrons. The summed E-state index contributed by atoms with van der Waals surface area (Å²) in [5.74, 6) is -1.03. The Balaban J connectivity index is 2.57. The van der Waals surface area contributed by atoms with Crippen molar-refractivity contribution in [3.63, 3.8) is 0 Å². The molecule has 62 valence electrons. The minimum Gasteiger partial charge on any atom is -0.389 e. The Morgan fingerprint density at radius 1 is 1.50 bits per heavy atom. The standard InChI is InChI=1S/C8H7NO3/c1-4-3-9-5-2-6(10)12-8(11)7(4)5/h3,9H,2H2,1H3. The average Bonchev–Trinajstić information content (AvgIpc) is 2.31.